The molecule has 0 aromatic heterocycles. The molecule has 0 bridgehead atoms. The lowest BCUT2D eigenvalue weighted by Crippen LogP contribution is -2.27. The Morgan fingerprint density at radius 1 is 1.40 bits per heavy atom. The molecule has 0 unspecified atom stereocenters. The van der Waals surface area contributed by atoms with Crippen molar-refractivity contribution in [1.82, 2.24) is 5.32 Å². The number of nitrogens with one attached hydrogen (secondary N) is 1. The molecule has 0 atom stereocenters. The monoisotopic (exact) mass is 213 g/mol. The van der Waals surface area contributed by atoms with Crippen LogP contribution in [0.5, 0.6) is 0 Å². The van der Waals surface area contributed by atoms with Crippen molar-refractivity contribution in [2.24, 2.45) is 0 Å². The van der Waals surface area contributed by atoms with Gasteiger partial charge in [0.15, 0.2) is 0 Å². The van der Waals surface area contributed by atoms with Gasteiger partial charge in [0.2, 0.25) is 5.91 Å². The van der Waals surface area contributed by atoms with Crippen LogP contribution >= 0.6 is 0 Å². The minimum absolute atomic E-state index is 0.127. The molecule has 0 rings (SSSR count). The fraction of sp³-hybridized carbons (Fsp3) is 0.750. The summed E-state index contributed by atoms with van der Waals surface area (Å²) in [5.74, 6) is 0.127. The Balaban J connectivity index is 3.20. The fourth-order valence-corrected chi connectivity index (χ4v) is 1.13. The Labute approximate surface area is 92.9 Å². The van der Waals surface area contributed by atoms with E-state index in [4.69, 9.17) is 4.74 Å². The smallest absolute Gasteiger partial charge is 0.220 e. The predicted octanol–water partition coefficient (Wildman–Crippen LogP) is 2.28. The third kappa shape index (κ3) is 11.1. The van der Waals surface area contributed by atoms with Crippen LogP contribution in [0.2, 0.25) is 0 Å². The lowest BCUT2D eigenvalue weighted by atomic mass is 10.2. The highest BCUT2D eigenvalue weighted by atomic mass is 16.5. The Morgan fingerprint density at radius 2 is 2.13 bits per heavy atom. The first kappa shape index (κ1) is 14.2. The molecule has 0 heterocycles. The number of amides is 1. The maximum Gasteiger partial charge on any atom is 0.220 e. The second-order valence-corrected chi connectivity index (χ2v) is 3.82. The summed E-state index contributed by atoms with van der Waals surface area (Å²) in [5, 5.41) is 2.82. The summed E-state index contributed by atoms with van der Waals surface area (Å²) in [4.78, 5) is 11.2. The van der Waals surface area contributed by atoms with Gasteiger partial charge in [0.05, 0.1) is 13.2 Å². The van der Waals surface area contributed by atoms with Crippen LogP contribution in [0.3, 0.4) is 0 Å². The third-order valence-electron chi connectivity index (χ3n) is 1.92. The first-order valence-corrected chi connectivity index (χ1v) is 5.65. The van der Waals surface area contributed by atoms with Crippen LogP contribution in [0, 0.1) is 0 Å². The fourth-order valence-electron chi connectivity index (χ4n) is 1.13. The second-order valence-electron chi connectivity index (χ2n) is 3.82. The number of ether oxygens (including phenoxy) is 1. The van der Waals surface area contributed by atoms with Crippen LogP contribution < -0.4 is 5.32 Å². The minimum atomic E-state index is 0.127. The zero-order valence-electron chi connectivity index (χ0n) is 9.97. The molecular weight excluding hydrogens is 190 g/mol. The molecule has 0 aliphatic heterocycles. The summed E-state index contributed by atoms with van der Waals surface area (Å²) in [7, 11) is 0. The van der Waals surface area contributed by atoms with Gasteiger partial charge in [-0.05, 0) is 13.3 Å². The minimum Gasteiger partial charge on any atom is -0.375 e. The third-order valence-corrected chi connectivity index (χ3v) is 1.92. The van der Waals surface area contributed by atoms with Gasteiger partial charge in [-0.3, -0.25) is 4.79 Å². The van der Waals surface area contributed by atoms with E-state index in [1.165, 1.54) is 0 Å². The summed E-state index contributed by atoms with van der Waals surface area (Å²) >= 11 is 0. The first-order chi connectivity index (χ1) is 7.16. The van der Waals surface area contributed by atoms with Gasteiger partial charge in [0, 0.05) is 13.0 Å². The molecular formula is C12H23NO2. The van der Waals surface area contributed by atoms with Crippen molar-refractivity contribution in [1.29, 1.82) is 0 Å². The van der Waals surface area contributed by atoms with Crippen LogP contribution in [0.15, 0.2) is 12.2 Å². The van der Waals surface area contributed by atoms with Crippen molar-refractivity contribution in [3.05, 3.63) is 12.2 Å². The van der Waals surface area contributed by atoms with E-state index in [0.29, 0.717) is 26.2 Å². The normalized spacial score (nSPS) is 10.0. The standard InChI is InChI=1S/C12H23NO2/c1-4-5-6-7-12(14)13-8-9-15-10-11(2)3/h2,4-10H2,1,3H3,(H,13,14). The van der Waals surface area contributed by atoms with Crippen LogP contribution in [0.25, 0.3) is 0 Å². The Kier molecular flexibility index (Phi) is 9.18. The number of carbonyl (C=O) groups excluding carboxylic acids is 1. The molecule has 0 spiro atoms. The van der Waals surface area contributed by atoms with Crippen molar-refractivity contribution in [3.8, 4) is 0 Å². The van der Waals surface area contributed by atoms with Gasteiger partial charge in [0.25, 0.3) is 0 Å². The molecule has 15 heavy (non-hydrogen) atoms. The van der Waals surface area contributed by atoms with Crippen molar-refractivity contribution in [2.75, 3.05) is 19.8 Å². The van der Waals surface area contributed by atoms with Crippen molar-refractivity contribution >= 4 is 5.91 Å². The Bertz CT molecular complexity index is 190. The highest BCUT2D eigenvalue weighted by Crippen LogP contribution is 1.97. The van der Waals surface area contributed by atoms with Gasteiger partial charge in [-0.2, -0.15) is 0 Å². The zero-order chi connectivity index (χ0) is 11.5. The van der Waals surface area contributed by atoms with Crippen LogP contribution in [-0.2, 0) is 9.53 Å². The molecule has 0 radical (unpaired) electrons. The summed E-state index contributed by atoms with van der Waals surface area (Å²) in [6, 6.07) is 0. The number of carbonyl (C=O) groups is 1. The molecule has 0 saturated heterocycles. The van der Waals surface area contributed by atoms with E-state index >= 15 is 0 Å². The molecule has 1 amide bonds. The molecule has 0 fully saturated rings. The SMILES string of the molecule is C=C(C)COCCNC(=O)CCCCC. The van der Waals surface area contributed by atoms with Gasteiger partial charge >= 0.3 is 0 Å². The average molecular weight is 213 g/mol. The van der Waals surface area contributed by atoms with E-state index in [-0.39, 0.29) is 5.91 Å². The Hall–Kier alpha value is -0.830. The molecule has 88 valence electrons. The van der Waals surface area contributed by atoms with Crippen molar-refractivity contribution in [2.45, 2.75) is 39.5 Å². The lowest BCUT2D eigenvalue weighted by Gasteiger charge is -2.05. The first-order valence-electron chi connectivity index (χ1n) is 5.65. The summed E-state index contributed by atoms with van der Waals surface area (Å²) in [6.07, 6.45) is 3.89. The predicted molar refractivity (Wildman–Crippen MR) is 62.8 cm³/mol. The molecule has 0 aromatic carbocycles. The van der Waals surface area contributed by atoms with Crippen molar-refractivity contribution in [3.63, 3.8) is 0 Å². The van der Waals surface area contributed by atoms with Gasteiger partial charge in [-0.15, -0.1) is 0 Å². The quantitative estimate of drug-likeness (QED) is 0.471. The summed E-state index contributed by atoms with van der Waals surface area (Å²) in [6.45, 7) is 9.51. The molecule has 0 aliphatic carbocycles. The number of hydrogen-bond acceptors (Lipinski definition) is 2. The maximum atomic E-state index is 11.2. The molecule has 0 aromatic rings. The molecule has 3 nitrogen and oxygen atoms in total. The molecule has 1 N–H and O–H groups in total. The van der Waals surface area contributed by atoms with Gasteiger partial charge in [-0.25, -0.2) is 0 Å². The average Bonchev–Trinajstić information content (AvgIpc) is 2.17. The maximum absolute atomic E-state index is 11.2. The topological polar surface area (TPSA) is 38.3 Å². The van der Waals surface area contributed by atoms with E-state index in [1.54, 1.807) is 0 Å². The highest BCUT2D eigenvalue weighted by molar-refractivity contribution is 5.75. The van der Waals surface area contributed by atoms with Gasteiger partial charge in [-0.1, -0.05) is 31.9 Å². The van der Waals surface area contributed by atoms with E-state index in [9.17, 15) is 4.79 Å². The largest absolute Gasteiger partial charge is 0.375 e. The van der Waals surface area contributed by atoms with Gasteiger partial charge < -0.3 is 10.1 Å². The lowest BCUT2D eigenvalue weighted by molar-refractivity contribution is -0.121. The van der Waals surface area contributed by atoms with Crippen LogP contribution in [0.4, 0.5) is 0 Å². The number of rotatable bonds is 9. The van der Waals surface area contributed by atoms with Gasteiger partial charge in [0.1, 0.15) is 0 Å². The van der Waals surface area contributed by atoms with E-state index < -0.39 is 0 Å². The molecule has 3 heteroatoms. The van der Waals surface area contributed by atoms with Crippen LogP contribution in [-0.4, -0.2) is 25.7 Å². The van der Waals surface area contributed by atoms with Crippen molar-refractivity contribution < 1.29 is 9.53 Å². The molecule has 0 aliphatic rings. The van der Waals surface area contributed by atoms with E-state index in [0.717, 1.165) is 24.8 Å². The summed E-state index contributed by atoms with van der Waals surface area (Å²) < 4.78 is 5.26. The Morgan fingerprint density at radius 3 is 2.73 bits per heavy atom. The molecule has 0 saturated carbocycles. The van der Waals surface area contributed by atoms with E-state index in [2.05, 4.69) is 18.8 Å². The zero-order valence-corrected chi connectivity index (χ0v) is 9.97. The van der Waals surface area contributed by atoms with Crippen LogP contribution in [0.1, 0.15) is 39.5 Å². The number of unbranched alkanes of at least 4 members (excludes halogenated alkanes) is 2. The summed E-state index contributed by atoms with van der Waals surface area (Å²) in [5.41, 5.74) is 1.00. The second kappa shape index (κ2) is 9.71. The highest BCUT2D eigenvalue weighted by Gasteiger charge is 1.99. The number of hydrogen-bond donors (Lipinski definition) is 1. The van der Waals surface area contributed by atoms with E-state index in [1.807, 2.05) is 6.92 Å².